The third-order valence-corrected chi connectivity index (χ3v) is 6.59. The maximum Gasteiger partial charge on any atom is 0.416 e. The highest BCUT2D eigenvalue weighted by atomic mass is 19.4. The van der Waals surface area contributed by atoms with Crippen LogP contribution in [0.3, 0.4) is 0 Å². The highest BCUT2D eigenvalue weighted by Gasteiger charge is 2.30. The maximum absolute atomic E-state index is 13.5. The van der Waals surface area contributed by atoms with Gasteiger partial charge in [-0.1, -0.05) is 36.1 Å². The van der Waals surface area contributed by atoms with Crippen LogP contribution in [0.2, 0.25) is 0 Å². The summed E-state index contributed by atoms with van der Waals surface area (Å²) < 4.78 is 61.8. The van der Waals surface area contributed by atoms with Crippen LogP contribution in [0.5, 0.6) is 11.5 Å². The van der Waals surface area contributed by atoms with Gasteiger partial charge in [-0.2, -0.15) is 13.2 Å². The Morgan fingerprint density at radius 2 is 1.76 bits per heavy atom. The van der Waals surface area contributed by atoms with Crippen LogP contribution in [0.4, 0.5) is 13.2 Å². The van der Waals surface area contributed by atoms with Gasteiger partial charge in [0.15, 0.2) is 6.61 Å². The summed E-state index contributed by atoms with van der Waals surface area (Å²) in [6.07, 6.45) is -2.71. The first-order chi connectivity index (χ1) is 20.2. The van der Waals surface area contributed by atoms with Crippen molar-refractivity contribution < 1.29 is 36.9 Å². The summed E-state index contributed by atoms with van der Waals surface area (Å²) in [5.74, 6) is 6.91. The van der Waals surface area contributed by atoms with E-state index >= 15 is 0 Å². The molecule has 6 nitrogen and oxygen atoms in total. The number of hydrogen-bond donors (Lipinski definition) is 0. The molecule has 0 amide bonds. The smallest absolute Gasteiger partial charge is 0.416 e. The molecule has 3 aromatic carbocycles. The van der Waals surface area contributed by atoms with Gasteiger partial charge in [0.1, 0.15) is 18.1 Å². The summed E-state index contributed by atoms with van der Waals surface area (Å²) in [6, 6.07) is 17.8. The number of halogens is 3. The Morgan fingerprint density at radius 1 is 1.00 bits per heavy atom. The standard InChI is InChI=1S/C33H32F3NO5/c1-24-21-29(12-13-31(24)42-23-32(38)39-2)41-18-14-30(27-6-3-7-28(22-27)33(34,35)36)26-10-8-25(9-11-26)5-4-15-37-16-19-40-20-17-37/h3,6-14,21-22H,15-20,23H2,1-2H3/b30-14+. The predicted molar refractivity (Wildman–Crippen MR) is 153 cm³/mol. The molecule has 0 aromatic heterocycles. The molecule has 0 saturated carbocycles. The van der Waals surface area contributed by atoms with E-state index in [1.54, 1.807) is 30.3 Å². The minimum atomic E-state index is -4.47. The van der Waals surface area contributed by atoms with Crippen LogP contribution in [-0.4, -0.2) is 64.0 Å². The zero-order chi connectivity index (χ0) is 30.0. The number of morpholine rings is 1. The van der Waals surface area contributed by atoms with Crippen LogP contribution >= 0.6 is 0 Å². The van der Waals surface area contributed by atoms with E-state index in [4.69, 9.17) is 14.2 Å². The highest BCUT2D eigenvalue weighted by Crippen LogP contribution is 2.33. The molecule has 0 bridgehead atoms. The van der Waals surface area contributed by atoms with Crippen LogP contribution in [0.1, 0.15) is 27.8 Å². The van der Waals surface area contributed by atoms with Gasteiger partial charge in [0.2, 0.25) is 0 Å². The predicted octanol–water partition coefficient (Wildman–Crippen LogP) is 5.76. The van der Waals surface area contributed by atoms with Gasteiger partial charge in [-0.3, -0.25) is 4.90 Å². The number of rotatable bonds is 9. The van der Waals surface area contributed by atoms with E-state index in [0.29, 0.717) is 42.4 Å². The molecule has 0 spiro atoms. The summed E-state index contributed by atoms with van der Waals surface area (Å²) in [5.41, 5.74) is 2.60. The van der Waals surface area contributed by atoms with Gasteiger partial charge in [0.25, 0.3) is 0 Å². The SMILES string of the molecule is COC(=O)COc1ccc(OC/C=C(\c2ccc(C#CCN3CCOCC3)cc2)c2cccc(C(F)(F)F)c2)cc1C. The number of benzene rings is 3. The van der Waals surface area contributed by atoms with Crippen LogP contribution < -0.4 is 9.47 Å². The molecule has 1 saturated heterocycles. The fraction of sp³-hybridized carbons (Fsp3) is 0.303. The van der Waals surface area contributed by atoms with Crippen molar-refractivity contribution in [2.45, 2.75) is 13.1 Å². The molecule has 1 aliphatic rings. The molecule has 220 valence electrons. The van der Waals surface area contributed by atoms with Crippen molar-refractivity contribution in [1.29, 1.82) is 0 Å². The molecule has 0 atom stereocenters. The fourth-order valence-electron chi connectivity index (χ4n) is 4.30. The minimum Gasteiger partial charge on any atom is -0.489 e. The van der Waals surface area contributed by atoms with Gasteiger partial charge in [0, 0.05) is 18.7 Å². The van der Waals surface area contributed by atoms with E-state index in [-0.39, 0.29) is 13.2 Å². The van der Waals surface area contributed by atoms with Crippen molar-refractivity contribution in [3.8, 4) is 23.3 Å². The largest absolute Gasteiger partial charge is 0.489 e. The van der Waals surface area contributed by atoms with Crippen molar-refractivity contribution in [3.05, 3.63) is 101 Å². The lowest BCUT2D eigenvalue weighted by molar-refractivity contribution is -0.143. The van der Waals surface area contributed by atoms with Crippen LogP contribution in [0, 0.1) is 18.8 Å². The number of hydrogen-bond acceptors (Lipinski definition) is 6. The minimum absolute atomic E-state index is 0.106. The highest BCUT2D eigenvalue weighted by molar-refractivity contribution is 5.80. The molecule has 0 radical (unpaired) electrons. The molecule has 42 heavy (non-hydrogen) atoms. The number of carbonyl (C=O) groups excluding carboxylic acids is 1. The number of aryl methyl sites for hydroxylation is 1. The van der Waals surface area contributed by atoms with Gasteiger partial charge in [-0.15, -0.1) is 0 Å². The van der Waals surface area contributed by atoms with E-state index in [1.807, 2.05) is 31.2 Å². The Morgan fingerprint density at radius 3 is 2.45 bits per heavy atom. The summed E-state index contributed by atoms with van der Waals surface area (Å²) in [6.45, 7) is 5.49. The normalized spacial score (nSPS) is 14.1. The topological polar surface area (TPSA) is 57.2 Å². The van der Waals surface area contributed by atoms with E-state index in [1.165, 1.54) is 13.2 Å². The Balaban J connectivity index is 1.52. The molecule has 1 fully saturated rings. The van der Waals surface area contributed by atoms with Crippen molar-refractivity contribution in [2.24, 2.45) is 0 Å². The van der Waals surface area contributed by atoms with Gasteiger partial charge < -0.3 is 18.9 Å². The summed E-state index contributed by atoms with van der Waals surface area (Å²) in [7, 11) is 1.28. The monoisotopic (exact) mass is 579 g/mol. The molecule has 1 heterocycles. The number of carbonyl (C=O) groups is 1. The second-order valence-corrected chi connectivity index (χ2v) is 9.57. The molecule has 0 unspecified atom stereocenters. The van der Waals surface area contributed by atoms with E-state index in [0.717, 1.165) is 41.9 Å². The van der Waals surface area contributed by atoms with Gasteiger partial charge >= 0.3 is 12.1 Å². The Kier molecular flexibility index (Phi) is 10.7. The molecular formula is C33H32F3NO5. The van der Waals surface area contributed by atoms with Crippen LogP contribution in [-0.2, 0) is 20.4 Å². The first-order valence-corrected chi connectivity index (χ1v) is 13.4. The fourth-order valence-corrected chi connectivity index (χ4v) is 4.30. The molecule has 0 aliphatic carbocycles. The summed E-state index contributed by atoms with van der Waals surface area (Å²) in [4.78, 5) is 13.6. The second kappa shape index (κ2) is 14.6. The quantitative estimate of drug-likeness (QED) is 0.237. The lowest BCUT2D eigenvalue weighted by Crippen LogP contribution is -2.36. The number of alkyl halides is 3. The van der Waals surface area contributed by atoms with Crippen LogP contribution in [0.25, 0.3) is 5.57 Å². The van der Waals surface area contributed by atoms with Crippen molar-refractivity contribution in [2.75, 3.05) is 53.2 Å². The summed E-state index contributed by atoms with van der Waals surface area (Å²) in [5, 5.41) is 0. The summed E-state index contributed by atoms with van der Waals surface area (Å²) >= 11 is 0. The van der Waals surface area contributed by atoms with E-state index < -0.39 is 17.7 Å². The molecular weight excluding hydrogens is 547 g/mol. The zero-order valence-corrected chi connectivity index (χ0v) is 23.5. The number of methoxy groups -OCH3 is 1. The van der Waals surface area contributed by atoms with E-state index in [2.05, 4.69) is 21.5 Å². The first kappa shape index (κ1) is 30.7. The molecule has 1 aliphatic heterocycles. The zero-order valence-electron chi connectivity index (χ0n) is 23.5. The average molecular weight is 580 g/mol. The Hall–Kier alpha value is -4.26. The Bertz CT molecular complexity index is 1450. The average Bonchev–Trinajstić information content (AvgIpc) is 2.99. The van der Waals surface area contributed by atoms with Crippen molar-refractivity contribution in [3.63, 3.8) is 0 Å². The second-order valence-electron chi connectivity index (χ2n) is 9.57. The molecule has 4 rings (SSSR count). The lowest BCUT2D eigenvalue weighted by Gasteiger charge is -2.24. The number of ether oxygens (including phenoxy) is 4. The molecule has 3 aromatic rings. The maximum atomic E-state index is 13.5. The number of esters is 1. The first-order valence-electron chi connectivity index (χ1n) is 13.4. The van der Waals surface area contributed by atoms with E-state index in [9.17, 15) is 18.0 Å². The Labute approximate surface area is 243 Å². The number of nitrogens with zero attached hydrogens (tertiary/aromatic N) is 1. The molecule has 9 heteroatoms. The third kappa shape index (κ3) is 8.87. The lowest BCUT2D eigenvalue weighted by atomic mass is 9.95. The third-order valence-electron chi connectivity index (χ3n) is 6.59. The van der Waals surface area contributed by atoms with Gasteiger partial charge in [0.05, 0.1) is 32.4 Å². The van der Waals surface area contributed by atoms with Crippen LogP contribution in [0.15, 0.2) is 72.8 Å². The van der Waals surface area contributed by atoms with Gasteiger partial charge in [-0.05, 0) is 77.7 Å². The molecule has 0 N–H and O–H groups in total. The van der Waals surface area contributed by atoms with Gasteiger partial charge in [-0.25, -0.2) is 4.79 Å². The van der Waals surface area contributed by atoms with Crippen molar-refractivity contribution >= 4 is 11.5 Å². The van der Waals surface area contributed by atoms with Crippen molar-refractivity contribution in [1.82, 2.24) is 4.90 Å².